The van der Waals surface area contributed by atoms with Crippen molar-refractivity contribution < 1.29 is 28.2 Å². The number of rotatable bonds is 4. The molecule has 1 aliphatic carbocycles. The summed E-state index contributed by atoms with van der Waals surface area (Å²) in [4.78, 5) is 25.6. The van der Waals surface area contributed by atoms with E-state index in [1.54, 1.807) is 0 Å². The van der Waals surface area contributed by atoms with Crippen LogP contribution in [0.2, 0.25) is 0 Å². The van der Waals surface area contributed by atoms with Crippen molar-refractivity contribution in [2.24, 2.45) is 11.3 Å². The van der Waals surface area contributed by atoms with E-state index in [-0.39, 0.29) is 29.5 Å². The summed E-state index contributed by atoms with van der Waals surface area (Å²) in [5.41, 5.74) is -0.827. The summed E-state index contributed by atoms with van der Waals surface area (Å²) in [6.07, 6.45) is 2.06. The predicted molar refractivity (Wildman–Crippen MR) is 85.8 cm³/mol. The van der Waals surface area contributed by atoms with Crippen LogP contribution in [-0.4, -0.2) is 41.7 Å². The summed E-state index contributed by atoms with van der Waals surface area (Å²) in [5, 5.41) is 21.0. The van der Waals surface area contributed by atoms with Crippen LogP contribution in [0.15, 0.2) is 18.2 Å². The SMILES string of the molecule is N#Cc1ccc(OC(F)F)c(NC(=O)N2C[C@@H]3CCC[C@@]3(C(=O)O)C2)c1. The average Bonchev–Trinajstić information content (AvgIpc) is 3.14. The van der Waals surface area contributed by atoms with Crippen molar-refractivity contribution in [1.29, 1.82) is 5.26 Å². The third kappa shape index (κ3) is 3.14. The molecule has 1 aromatic carbocycles. The molecule has 1 aliphatic heterocycles. The van der Waals surface area contributed by atoms with Gasteiger partial charge in [0.2, 0.25) is 0 Å². The minimum absolute atomic E-state index is 0.0595. The number of nitriles is 1. The summed E-state index contributed by atoms with van der Waals surface area (Å²) in [5.74, 6) is -1.30. The number of carbonyl (C=O) groups is 2. The molecule has 1 saturated carbocycles. The first-order chi connectivity index (χ1) is 12.4. The van der Waals surface area contributed by atoms with E-state index in [1.807, 2.05) is 6.07 Å². The second kappa shape index (κ2) is 6.78. The fourth-order valence-electron chi connectivity index (χ4n) is 3.88. The number of carbonyl (C=O) groups excluding carboxylic acids is 1. The minimum Gasteiger partial charge on any atom is -0.481 e. The lowest BCUT2D eigenvalue weighted by molar-refractivity contribution is -0.149. The molecule has 2 N–H and O–H groups in total. The smallest absolute Gasteiger partial charge is 0.387 e. The van der Waals surface area contributed by atoms with E-state index < -0.39 is 24.0 Å². The number of hydrogen-bond donors (Lipinski definition) is 2. The van der Waals surface area contributed by atoms with Crippen LogP contribution in [0, 0.1) is 22.7 Å². The van der Waals surface area contributed by atoms with E-state index >= 15 is 0 Å². The van der Waals surface area contributed by atoms with E-state index in [2.05, 4.69) is 10.1 Å². The highest BCUT2D eigenvalue weighted by atomic mass is 19.3. The maximum absolute atomic E-state index is 12.5. The number of nitrogens with one attached hydrogen (secondary N) is 1. The first kappa shape index (κ1) is 17.9. The Bertz CT molecular complexity index is 780. The molecule has 2 fully saturated rings. The average molecular weight is 365 g/mol. The zero-order valence-corrected chi connectivity index (χ0v) is 13.7. The molecule has 3 rings (SSSR count). The molecule has 9 heteroatoms. The van der Waals surface area contributed by atoms with Crippen LogP contribution in [0.5, 0.6) is 5.75 Å². The van der Waals surface area contributed by atoms with Crippen LogP contribution in [-0.2, 0) is 4.79 Å². The van der Waals surface area contributed by atoms with Gasteiger partial charge in [-0.2, -0.15) is 14.0 Å². The summed E-state index contributed by atoms with van der Waals surface area (Å²) in [7, 11) is 0. The van der Waals surface area contributed by atoms with Crippen LogP contribution >= 0.6 is 0 Å². The van der Waals surface area contributed by atoms with E-state index in [4.69, 9.17) is 5.26 Å². The maximum Gasteiger partial charge on any atom is 0.387 e. The normalized spacial score (nSPS) is 24.2. The molecule has 138 valence electrons. The Morgan fingerprint density at radius 2 is 2.23 bits per heavy atom. The molecule has 1 heterocycles. The van der Waals surface area contributed by atoms with Gasteiger partial charge in [0.05, 0.1) is 22.7 Å². The molecular formula is C17H17F2N3O4. The third-order valence-corrected chi connectivity index (χ3v) is 5.15. The zero-order chi connectivity index (χ0) is 18.9. The van der Waals surface area contributed by atoms with Crippen molar-refractivity contribution in [3.63, 3.8) is 0 Å². The van der Waals surface area contributed by atoms with Crippen LogP contribution in [0.4, 0.5) is 19.3 Å². The number of carboxylic acid groups (broad SMARTS) is 1. The monoisotopic (exact) mass is 365 g/mol. The van der Waals surface area contributed by atoms with Gasteiger partial charge in [0, 0.05) is 13.1 Å². The number of nitrogens with zero attached hydrogens (tertiary/aromatic N) is 2. The van der Waals surface area contributed by atoms with Crippen LogP contribution in [0.1, 0.15) is 24.8 Å². The quantitative estimate of drug-likeness (QED) is 0.854. The molecule has 1 saturated heterocycles. The Hall–Kier alpha value is -2.89. The Morgan fingerprint density at radius 3 is 2.85 bits per heavy atom. The molecular weight excluding hydrogens is 348 g/mol. The van der Waals surface area contributed by atoms with E-state index in [0.29, 0.717) is 13.0 Å². The molecule has 0 radical (unpaired) electrons. The lowest BCUT2D eigenvalue weighted by atomic mass is 9.81. The molecule has 2 atom stereocenters. The van der Waals surface area contributed by atoms with Crippen molar-refractivity contribution in [1.82, 2.24) is 4.90 Å². The lowest BCUT2D eigenvalue weighted by Gasteiger charge is -2.23. The Kier molecular flexibility index (Phi) is 4.68. The van der Waals surface area contributed by atoms with Gasteiger partial charge >= 0.3 is 18.6 Å². The van der Waals surface area contributed by atoms with Gasteiger partial charge in [-0.15, -0.1) is 0 Å². The van der Waals surface area contributed by atoms with Gasteiger partial charge in [-0.3, -0.25) is 4.79 Å². The molecule has 0 unspecified atom stereocenters. The maximum atomic E-state index is 12.5. The van der Waals surface area contributed by atoms with Crippen molar-refractivity contribution in [2.75, 3.05) is 18.4 Å². The zero-order valence-electron chi connectivity index (χ0n) is 13.7. The van der Waals surface area contributed by atoms with Crippen molar-refractivity contribution in [3.05, 3.63) is 23.8 Å². The molecule has 26 heavy (non-hydrogen) atoms. The number of amides is 2. The number of benzene rings is 1. The van der Waals surface area contributed by atoms with Gasteiger partial charge < -0.3 is 20.1 Å². The summed E-state index contributed by atoms with van der Waals surface area (Å²) >= 11 is 0. The molecule has 0 bridgehead atoms. The highest BCUT2D eigenvalue weighted by Gasteiger charge is 2.55. The van der Waals surface area contributed by atoms with Crippen LogP contribution < -0.4 is 10.1 Å². The predicted octanol–water partition coefficient (Wildman–Crippen LogP) is 2.88. The number of urea groups is 1. The van der Waals surface area contributed by atoms with Gasteiger partial charge in [-0.25, -0.2) is 4.79 Å². The van der Waals surface area contributed by atoms with Gasteiger partial charge in [0.25, 0.3) is 0 Å². The largest absolute Gasteiger partial charge is 0.481 e. The Balaban J connectivity index is 1.78. The molecule has 7 nitrogen and oxygen atoms in total. The Labute approximate surface area is 148 Å². The number of anilines is 1. The second-order valence-electron chi connectivity index (χ2n) is 6.56. The summed E-state index contributed by atoms with van der Waals surface area (Å²) in [6.45, 7) is -2.72. The number of hydrogen-bond acceptors (Lipinski definition) is 4. The van der Waals surface area contributed by atoms with Gasteiger partial charge in [-0.05, 0) is 37.0 Å². The topological polar surface area (TPSA) is 103 Å². The molecule has 0 aromatic heterocycles. The highest BCUT2D eigenvalue weighted by Crippen LogP contribution is 2.49. The Morgan fingerprint density at radius 1 is 1.46 bits per heavy atom. The van der Waals surface area contributed by atoms with Crippen molar-refractivity contribution in [2.45, 2.75) is 25.9 Å². The third-order valence-electron chi connectivity index (χ3n) is 5.15. The van der Waals surface area contributed by atoms with Crippen LogP contribution in [0.3, 0.4) is 0 Å². The first-order valence-electron chi connectivity index (χ1n) is 8.14. The highest BCUT2D eigenvalue weighted by molar-refractivity contribution is 5.92. The van der Waals surface area contributed by atoms with E-state index in [0.717, 1.165) is 12.8 Å². The van der Waals surface area contributed by atoms with E-state index in [9.17, 15) is 23.5 Å². The molecule has 2 amide bonds. The number of halogens is 2. The summed E-state index contributed by atoms with van der Waals surface area (Å²) < 4.78 is 29.5. The standard InChI is InChI=1S/C17H17F2N3O4/c18-15(19)26-13-4-3-10(7-20)6-12(13)21-16(25)22-8-11-2-1-5-17(11,9-22)14(23)24/h3-4,6,11,15H,1-2,5,8-9H2,(H,21,25)(H,23,24)/t11-,17+/m0/s1. The lowest BCUT2D eigenvalue weighted by Crippen LogP contribution is -2.38. The minimum atomic E-state index is -3.08. The first-order valence-corrected chi connectivity index (χ1v) is 8.14. The molecule has 1 aromatic rings. The number of carboxylic acids is 1. The second-order valence-corrected chi connectivity index (χ2v) is 6.56. The fraction of sp³-hybridized carbons (Fsp3) is 0.471. The molecule has 0 spiro atoms. The number of aliphatic carboxylic acids is 1. The van der Waals surface area contributed by atoms with Crippen molar-refractivity contribution in [3.8, 4) is 11.8 Å². The number of likely N-dealkylation sites (tertiary alicyclic amines) is 1. The van der Waals surface area contributed by atoms with Crippen LogP contribution in [0.25, 0.3) is 0 Å². The van der Waals surface area contributed by atoms with Gasteiger partial charge in [-0.1, -0.05) is 6.42 Å². The number of alkyl halides is 2. The van der Waals surface area contributed by atoms with Gasteiger partial charge in [0.1, 0.15) is 5.75 Å². The van der Waals surface area contributed by atoms with Gasteiger partial charge in [0.15, 0.2) is 0 Å². The summed E-state index contributed by atoms with van der Waals surface area (Å²) in [6, 6.07) is 4.97. The fourth-order valence-corrected chi connectivity index (χ4v) is 3.88. The number of ether oxygens (including phenoxy) is 1. The molecule has 2 aliphatic rings. The van der Waals surface area contributed by atoms with E-state index in [1.165, 1.54) is 23.1 Å². The number of fused-ring (bicyclic) bond motifs is 1. The van der Waals surface area contributed by atoms with Crippen molar-refractivity contribution >= 4 is 17.7 Å².